The van der Waals surface area contributed by atoms with E-state index < -0.39 is 4.92 Å². The van der Waals surface area contributed by atoms with Gasteiger partial charge in [-0.05, 0) is 37.3 Å². The number of hydrazone groups is 1. The zero-order valence-corrected chi connectivity index (χ0v) is 13.6. The Bertz CT molecular complexity index is 751. The van der Waals surface area contributed by atoms with Gasteiger partial charge in [0.25, 0.3) is 0 Å². The summed E-state index contributed by atoms with van der Waals surface area (Å²) in [4.78, 5) is 10.6. The smallest absolute Gasteiger partial charge is 0.311 e. The molecule has 0 saturated heterocycles. The van der Waals surface area contributed by atoms with Crippen molar-refractivity contribution >= 4 is 40.8 Å². The molecular weight excluding hydrogens is 341 g/mol. The monoisotopic (exact) mass is 353 g/mol. The molecular formula is C15H13Cl2N3O3. The van der Waals surface area contributed by atoms with Gasteiger partial charge in [0.1, 0.15) is 0 Å². The van der Waals surface area contributed by atoms with Gasteiger partial charge in [-0.3, -0.25) is 15.5 Å². The molecule has 0 aliphatic rings. The second kappa shape index (κ2) is 7.80. The number of benzene rings is 2. The van der Waals surface area contributed by atoms with Crippen LogP contribution in [0.5, 0.6) is 5.75 Å². The zero-order valence-electron chi connectivity index (χ0n) is 12.1. The number of hydrogen-bond acceptors (Lipinski definition) is 5. The summed E-state index contributed by atoms with van der Waals surface area (Å²) in [5.41, 5.74) is 3.88. The molecule has 8 heteroatoms. The van der Waals surface area contributed by atoms with E-state index in [1.165, 1.54) is 12.3 Å². The first-order chi connectivity index (χ1) is 11.0. The standard InChI is InChI=1S/C15H13Cl2N3O3/c1-2-23-15-6-3-10(7-14(15)20(21)22)9-18-19-11-4-5-12(16)13(17)8-11/h3-9,19H,2H2,1H3. The van der Waals surface area contributed by atoms with Crippen LogP contribution in [0.25, 0.3) is 0 Å². The molecule has 2 aromatic rings. The van der Waals surface area contributed by atoms with Gasteiger partial charge >= 0.3 is 5.69 Å². The lowest BCUT2D eigenvalue weighted by Gasteiger charge is -2.05. The number of nitrogens with one attached hydrogen (secondary N) is 1. The Morgan fingerprint density at radius 2 is 2.04 bits per heavy atom. The highest BCUT2D eigenvalue weighted by Crippen LogP contribution is 2.27. The van der Waals surface area contributed by atoms with Crippen LogP contribution < -0.4 is 10.2 Å². The molecule has 23 heavy (non-hydrogen) atoms. The summed E-state index contributed by atoms with van der Waals surface area (Å²) in [7, 11) is 0. The lowest BCUT2D eigenvalue weighted by atomic mass is 10.2. The fraction of sp³-hybridized carbons (Fsp3) is 0.133. The van der Waals surface area contributed by atoms with E-state index in [1.54, 1.807) is 37.3 Å². The Morgan fingerprint density at radius 3 is 2.70 bits per heavy atom. The Hall–Kier alpha value is -2.31. The van der Waals surface area contributed by atoms with Crippen LogP contribution >= 0.6 is 23.2 Å². The van der Waals surface area contributed by atoms with E-state index in [4.69, 9.17) is 27.9 Å². The molecule has 0 bridgehead atoms. The number of rotatable bonds is 6. The van der Waals surface area contributed by atoms with Gasteiger partial charge in [-0.25, -0.2) is 0 Å². The van der Waals surface area contributed by atoms with Crippen molar-refractivity contribution in [1.82, 2.24) is 0 Å². The molecule has 0 unspecified atom stereocenters. The molecule has 2 aromatic carbocycles. The first-order valence-corrected chi connectivity index (χ1v) is 7.42. The predicted molar refractivity (Wildman–Crippen MR) is 91.9 cm³/mol. The third kappa shape index (κ3) is 4.58. The Morgan fingerprint density at radius 1 is 1.26 bits per heavy atom. The van der Waals surface area contributed by atoms with E-state index in [2.05, 4.69) is 10.5 Å². The number of hydrogen-bond donors (Lipinski definition) is 1. The van der Waals surface area contributed by atoms with Crippen molar-refractivity contribution in [1.29, 1.82) is 0 Å². The number of nitro benzene ring substituents is 1. The number of anilines is 1. The molecule has 0 aliphatic heterocycles. The minimum atomic E-state index is -0.491. The fourth-order valence-corrected chi connectivity index (χ4v) is 2.08. The first kappa shape index (κ1) is 17.1. The molecule has 0 radical (unpaired) electrons. The van der Waals surface area contributed by atoms with Crippen LogP contribution in [0.4, 0.5) is 11.4 Å². The van der Waals surface area contributed by atoms with E-state index in [9.17, 15) is 10.1 Å². The summed E-state index contributed by atoms with van der Waals surface area (Å²) in [5, 5.41) is 15.9. The summed E-state index contributed by atoms with van der Waals surface area (Å²) in [6, 6.07) is 9.60. The quantitative estimate of drug-likeness (QED) is 0.462. The minimum Gasteiger partial charge on any atom is -0.487 e. The summed E-state index contributed by atoms with van der Waals surface area (Å²) < 4.78 is 5.22. The molecule has 0 atom stereocenters. The molecule has 0 aromatic heterocycles. The summed E-state index contributed by atoms with van der Waals surface area (Å²) in [6.45, 7) is 2.12. The molecule has 120 valence electrons. The van der Waals surface area contributed by atoms with Crippen molar-refractivity contribution in [3.8, 4) is 5.75 Å². The molecule has 0 spiro atoms. The molecule has 2 rings (SSSR count). The van der Waals surface area contributed by atoms with Gasteiger partial charge < -0.3 is 4.74 Å². The number of nitrogens with zero attached hydrogens (tertiary/aromatic N) is 2. The van der Waals surface area contributed by atoms with Crippen LogP contribution in [0.1, 0.15) is 12.5 Å². The van der Waals surface area contributed by atoms with Gasteiger partial charge in [0.05, 0.1) is 33.5 Å². The topological polar surface area (TPSA) is 76.8 Å². The van der Waals surface area contributed by atoms with Gasteiger partial charge in [-0.2, -0.15) is 5.10 Å². The zero-order chi connectivity index (χ0) is 16.8. The van der Waals surface area contributed by atoms with Gasteiger partial charge in [0.2, 0.25) is 0 Å². The normalized spacial score (nSPS) is 10.7. The summed E-state index contributed by atoms with van der Waals surface area (Å²) >= 11 is 11.7. The van der Waals surface area contributed by atoms with Gasteiger partial charge in [0.15, 0.2) is 5.75 Å². The molecule has 0 saturated carbocycles. The maximum atomic E-state index is 11.1. The van der Waals surface area contributed by atoms with Crippen molar-refractivity contribution in [3.63, 3.8) is 0 Å². The third-order valence-electron chi connectivity index (χ3n) is 2.81. The molecule has 0 aliphatic carbocycles. The maximum absolute atomic E-state index is 11.1. The minimum absolute atomic E-state index is 0.106. The van der Waals surface area contributed by atoms with E-state index in [0.29, 0.717) is 27.9 Å². The second-order valence-corrected chi connectivity index (χ2v) is 5.23. The molecule has 0 amide bonds. The van der Waals surface area contributed by atoms with E-state index >= 15 is 0 Å². The predicted octanol–water partition coefficient (Wildman–Crippen LogP) is 4.75. The van der Waals surface area contributed by atoms with E-state index in [0.717, 1.165) is 0 Å². The Labute approximate surface area is 142 Å². The van der Waals surface area contributed by atoms with Crippen molar-refractivity contribution in [2.45, 2.75) is 6.92 Å². The highest BCUT2D eigenvalue weighted by molar-refractivity contribution is 6.42. The van der Waals surface area contributed by atoms with Gasteiger partial charge in [0, 0.05) is 11.6 Å². The number of nitro groups is 1. The third-order valence-corrected chi connectivity index (χ3v) is 3.55. The van der Waals surface area contributed by atoms with Gasteiger partial charge in [-0.1, -0.05) is 23.2 Å². The SMILES string of the molecule is CCOc1ccc(C=NNc2ccc(Cl)c(Cl)c2)cc1[N+](=O)[O-]. The van der Waals surface area contributed by atoms with Gasteiger partial charge in [-0.15, -0.1) is 0 Å². The van der Waals surface area contributed by atoms with Crippen LogP contribution in [0, 0.1) is 10.1 Å². The van der Waals surface area contributed by atoms with Crippen LogP contribution in [-0.4, -0.2) is 17.7 Å². The largest absolute Gasteiger partial charge is 0.487 e. The lowest BCUT2D eigenvalue weighted by Crippen LogP contribution is -1.99. The summed E-state index contributed by atoms with van der Waals surface area (Å²) in [6.07, 6.45) is 1.46. The second-order valence-electron chi connectivity index (χ2n) is 4.42. The average molecular weight is 354 g/mol. The van der Waals surface area contributed by atoms with Crippen LogP contribution in [0.2, 0.25) is 10.0 Å². The fourth-order valence-electron chi connectivity index (χ4n) is 1.78. The Balaban J connectivity index is 2.14. The first-order valence-electron chi connectivity index (χ1n) is 6.66. The molecule has 0 fully saturated rings. The Kier molecular flexibility index (Phi) is 5.78. The van der Waals surface area contributed by atoms with Crippen LogP contribution in [-0.2, 0) is 0 Å². The van der Waals surface area contributed by atoms with Crippen molar-refractivity contribution in [3.05, 3.63) is 62.1 Å². The van der Waals surface area contributed by atoms with Crippen LogP contribution in [0.3, 0.4) is 0 Å². The average Bonchev–Trinajstić information content (AvgIpc) is 2.52. The highest BCUT2D eigenvalue weighted by atomic mass is 35.5. The van der Waals surface area contributed by atoms with E-state index in [-0.39, 0.29) is 11.4 Å². The summed E-state index contributed by atoms with van der Waals surface area (Å²) in [5.74, 6) is 0.229. The van der Waals surface area contributed by atoms with Crippen molar-refractivity contribution in [2.75, 3.05) is 12.0 Å². The number of ether oxygens (including phenoxy) is 1. The maximum Gasteiger partial charge on any atom is 0.311 e. The van der Waals surface area contributed by atoms with Crippen molar-refractivity contribution < 1.29 is 9.66 Å². The highest BCUT2D eigenvalue weighted by Gasteiger charge is 2.15. The molecule has 6 nitrogen and oxygen atoms in total. The number of halogens is 2. The molecule has 0 heterocycles. The van der Waals surface area contributed by atoms with Crippen LogP contribution in [0.15, 0.2) is 41.5 Å². The lowest BCUT2D eigenvalue weighted by molar-refractivity contribution is -0.385. The molecule has 1 N–H and O–H groups in total. The van der Waals surface area contributed by atoms with Crippen molar-refractivity contribution in [2.24, 2.45) is 5.10 Å². The van der Waals surface area contributed by atoms with E-state index in [1.807, 2.05) is 0 Å².